The zero-order valence-electron chi connectivity index (χ0n) is 17.7. The maximum Gasteiger partial charge on any atom is 0.302 e. The third-order valence-electron chi connectivity index (χ3n) is 8.65. The fourth-order valence-electron chi connectivity index (χ4n) is 7.87. The van der Waals surface area contributed by atoms with Crippen LogP contribution < -0.4 is 0 Å². The fraction of sp³-hybridized carbons (Fsp3) is 0.870. The zero-order chi connectivity index (χ0) is 20.3. The number of hydrogen-bond acceptors (Lipinski definition) is 5. The van der Waals surface area contributed by atoms with Gasteiger partial charge in [0.25, 0.3) is 0 Å². The predicted molar refractivity (Wildman–Crippen MR) is 103 cm³/mol. The van der Waals surface area contributed by atoms with E-state index >= 15 is 0 Å². The van der Waals surface area contributed by atoms with Crippen molar-refractivity contribution in [1.29, 1.82) is 0 Å². The number of ether oxygens (including phenoxy) is 2. The minimum absolute atomic E-state index is 0.0457. The van der Waals surface area contributed by atoms with Gasteiger partial charge in [-0.1, -0.05) is 13.8 Å². The highest BCUT2D eigenvalue weighted by atomic mass is 16.5. The molecule has 4 fully saturated rings. The van der Waals surface area contributed by atoms with Gasteiger partial charge in [-0.15, -0.1) is 0 Å². The summed E-state index contributed by atoms with van der Waals surface area (Å²) < 4.78 is 11.3. The van der Waals surface area contributed by atoms with Crippen LogP contribution in [0.3, 0.4) is 0 Å². The van der Waals surface area contributed by atoms with Gasteiger partial charge in [0.2, 0.25) is 0 Å². The normalized spacial score (nSPS) is 47.5. The van der Waals surface area contributed by atoms with Crippen molar-refractivity contribution in [2.45, 2.75) is 91.3 Å². The molecule has 4 aliphatic carbocycles. The van der Waals surface area contributed by atoms with Gasteiger partial charge in [-0.3, -0.25) is 14.4 Å². The summed E-state index contributed by atoms with van der Waals surface area (Å²) in [6.07, 6.45) is 7.20. The van der Waals surface area contributed by atoms with Gasteiger partial charge in [0.1, 0.15) is 18.0 Å². The van der Waals surface area contributed by atoms with E-state index < -0.39 is 0 Å². The molecule has 0 aliphatic heterocycles. The largest absolute Gasteiger partial charge is 0.463 e. The number of rotatable bonds is 2. The summed E-state index contributed by atoms with van der Waals surface area (Å²) in [4.78, 5) is 36.6. The van der Waals surface area contributed by atoms with Crippen LogP contribution in [0.4, 0.5) is 0 Å². The van der Waals surface area contributed by atoms with Crippen molar-refractivity contribution >= 4 is 17.7 Å². The molecule has 4 aliphatic rings. The van der Waals surface area contributed by atoms with E-state index in [1.807, 2.05) is 0 Å². The maximum atomic E-state index is 13.5. The van der Waals surface area contributed by atoms with E-state index in [2.05, 4.69) is 13.8 Å². The summed E-state index contributed by atoms with van der Waals surface area (Å²) in [5.41, 5.74) is -0.134. The lowest BCUT2D eigenvalue weighted by Crippen LogP contribution is -2.58. The number of Topliss-reactive ketones (excluding diaryl/α,β-unsaturated/α-hetero) is 1. The van der Waals surface area contributed by atoms with Crippen LogP contribution in [0.2, 0.25) is 0 Å². The Morgan fingerprint density at radius 1 is 1.00 bits per heavy atom. The van der Waals surface area contributed by atoms with Gasteiger partial charge in [-0.25, -0.2) is 0 Å². The van der Waals surface area contributed by atoms with Crippen molar-refractivity contribution in [1.82, 2.24) is 0 Å². The van der Waals surface area contributed by atoms with E-state index in [1.54, 1.807) is 0 Å². The number of esters is 2. The Bertz CT molecular complexity index is 686. The zero-order valence-corrected chi connectivity index (χ0v) is 17.7. The summed E-state index contributed by atoms with van der Waals surface area (Å²) >= 11 is 0. The van der Waals surface area contributed by atoms with Crippen LogP contribution in [0, 0.1) is 34.5 Å². The molecule has 4 rings (SSSR count). The standard InChI is InChI=1S/C23H34O5/c1-13(24)27-15-10-18-16-7-8-17-20(28-14(2)25)6-5-9-23(17,4)21(16)19(26)12-22(18,3)11-15/h15-18,20-21H,5-12H2,1-4H3. The Hall–Kier alpha value is -1.39. The van der Waals surface area contributed by atoms with Crippen molar-refractivity contribution in [2.24, 2.45) is 34.5 Å². The average Bonchev–Trinajstić information content (AvgIpc) is 2.88. The van der Waals surface area contributed by atoms with Crippen LogP contribution in [0.15, 0.2) is 0 Å². The summed E-state index contributed by atoms with van der Waals surface area (Å²) in [5.74, 6) is 1.10. The molecule has 0 radical (unpaired) electrons. The van der Waals surface area contributed by atoms with Gasteiger partial charge < -0.3 is 9.47 Å². The second-order valence-electron chi connectivity index (χ2n) is 10.4. The lowest BCUT2D eigenvalue weighted by atomic mass is 9.44. The molecule has 28 heavy (non-hydrogen) atoms. The Kier molecular flexibility index (Phi) is 4.86. The van der Waals surface area contributed by atoms with E-state index in [4.69, 9.17) is 9.47 Å². The highest BCUT2D eigenvalue weighted by Crippen LogP contribution is 2.65. The third kappa shape index (κ3) is 3.09. The number of hydrogen-bond donors (Lipinski definition) is 0. The molecule has 4 saturated carbocycles. The molecule has 0 saturated heterocycles. The molecule has 0 aromatic carbocycles. The molecular formula is C23H34O5. The SMILES string of the molecule is CC(=O)OC1CC2C3CCC4C(OC(C)=O)CCCC4(C)C3C(=O)CC2(C)C1. The van der Waals surface area contributed by atoms with E-state index in [0.717, 1.165) is 44.9 Å². The second-order valence-corrected chi connectivity index (χ2v) is 10.4. The van der Waals surface area contributed by atoms with Crippen molar-refractivity contribution in [3.63, 3.8) is 0 Å². The number of ketones is 1. The molecule has 5 heteroatoms. The first-order valence-corrected chi connectivity index (χ1v) is 11.0. The minimum atomic E-state index is -0.220. The topological polar surface area (TPSA) is 69.7 Å². The van der Waals surface area contributed by atoms with Crippen LogP contribution >= 0.6 is 0 Å². The number of fused-ring (bicyclic) bond motifs is 5. The minimum Gasteiger partial charge on any atom is -0.463 e. The monoisotopic (exact) mass is 390 g/mol. The fourth-order valence-corrected chi connectivity index (χ4v) is 7.87. The van der Waals surface area contributed by atoms with Crippen LogP contribution in [0.25, 0.3) is 0 Å². The Morgan fingerprint density at radius 2 is 1.71 bits per heavy atom. The molecule has 0 bridgehead atoms. The van der Waals surface area contributed by atoms with Crippen LogP contribution in [-0.2, 0) is 23.9 Å². The van der Waals surface area contributed by atoms with E-state index in [-0.39, 0.29) is 46.8 Å². The lowest BCUT2D eigenvalue weighted by molar-refractivity contribution is -0.177. The van der Waals surface area contributed by atoms with Gasteiger partial charge in [-0.05, 0) is 67.6 Å². The maximum absolute atomic E-state index is 13.5. The first-order valence-electron chi connectivity index (χ1n) is 11.0. The molecule has 0 heterocycles. The van der Waals surface area contributed by atoms with Gasteiger partial charge in [0.15, 0.2) is 0 Å². The Balaban J connectivity index is 1.62. The van der Waals surface area contributed by atoms with Crippen molar-refractivity contribution in [2.75, 3.05) is 0 Å². The molecule has 0 spiro atoms. The number of carbonyl (C=O) groups is 3. The van der Waals surface area contributed by atoms with E-state index in [1.165, 1.54) is 13.8 Å². The summed E-state index contributed by atoms with van der Waals surface area (Å²) in [6.45, 7) is 7.47. The molecule has 0 aromatic rings. The van der Waals surface area contributed by atoms with Gasteiger partial charge >= 0.3 is 11.9 Å². The first-order chi connectivity index (χ1) is 13.1. The molecule has 0 aromatic heterocycles. The Labute approximate surface area is 167 Å². The summed E-state index contributed by atoms with van der Waals surface area (Å²) in [7, 11) is 0. The Morgan fingerprint density at radius 3 is 2.39 bits per heavy atom. The molecule has 0 N–H and O–H groups in total. The molecular weight excluding hydrogens is 356 g/mol. The van der Waals surface area contributed by atoms with Gasteiger partial charge in [0.05, 0.1) is 0 Å². The summed E-state index contributed by atoms with van der Waals surface area (Å²) in [5, 5.41) is 0. The number of carbonyl (C=O) groups excluding carboxylic acids is 3. The van der Waals surface area contributed by atoms with Gasteiger partial charge in [0, 0.05) is 32.1 Å². The molecule has 5 nitrogen and oxygen atoms in total. The van der Waals surface area contributed by atoms with Crippen molar-refractivity contribution < 1.29 is 23.9 Å². The van der Waals surface area contributed by atoms with Crippen LogP contribution in [0.5, 0.6) is 0 Å². The van der Waals surface area contributed by atoms with Crippen molar-refractivity contribution in [3.8, 4) is 0 Å². The predicted octanol–water partition coefficient (Wildman–Crippen LogP) is 4.07. The summed E-state index contributed by atoms with van der Waals surface area (Å²) in [6, 6.07) is 0. The van der Waals surface area contributed by atoms with Gasteiger partial charge in [-0.2, -0.15) is 0 Å². The van der Waals surface area contributed by atoms with E-state index in [0.29, 0.717) is 24.0 Å². The van der Waals surface area contributed by atoms with Crippen LogP contribution in [-0.4, -0.2) is 29.9 Å². The molecule has 8 atom stereocenters. The molecule has 8 unspecified atom stereocenters. The average molecular weight is 391 g/mol. The lowest BCUT2D eigenvalue weighted by Gasteiger charge is -2.59. The highest BCUT2D eigenvalue weighted by Gasteiger charge is 2.63. The third-order valence-corrected chi connectivity index (χ3v) is 8.65. The molecule has 0 amide bonds. The van der Waals surface area contributed by atoms with E-state index in [9.17, 15) is 14.4 Å². The first kappa shape index (κ1) is 19.9. The van der Waals surface area contributed by atoms with Crippen LogP contribution in [0.1, 0.15) is 79.1 Å². The second kappa shape index (κ2) is 6.84. The highest BCUT2D eigenvalue weighted by molar-refractivity contribution is 5.84. The molecule has 156 valence electrons. The van der Waals surface area contributed by atoms with Crippen molar-refractivity contribution in [3.05, 3.63) is 0 Å². The smallest absolute Gasteiger partial charge is 0.302 e. The quantitative estimate of drug-likeness (QED) is 0.665.